The van der Waals surface area contributed by atoms with Gasteiger partial charge in [-0.2, -0.15) is 0 Å². The number of carbonyl (C=O) groups excluding carboxylic acids is 1. The molecule has 2 nitrogen and oxygen atoms in total. The molecular weight excluding hydrogens is 290 g/mol. The van der Waals surface area contributed by atoms with Gasteiger partial charge in [0, 0.05) is 16.8 Å². The smallest absolute Gasteiger partial charge is 0.226 e. The molecule has 106 valence electrons. The molecule has 0 radical (unpaired) electrons. The van der Waals surface area contributed by atoms with Gasteiger partial charge in [0.15, 0.2) is 0 Å². The van der Waals surface area contributed by atoms with Crippen LogP contribution in [0.1, 0.15) is 66.2 Å². The molecule has 0 saturated heterocycles. The number of rotatable bonds is 5. The fraction of sp³-hybridized carbons (Fsp3) is 0.933. The van der Waals surface area contributed by atoms with Crippen molar-refractivity contribution in [2.45, 2.75) is 71.0 Å². The second-order valence-electron chi connectivity index (χ2n) is 6.91. The van der Waals surface area contributed by atoms with Crippen LogP contribution in [0.2, 0.25) is 0 Å². The second kappa shape index (κ2) is 6.40. The van der Waals surface area contributed by atoms with Gasteiger partial charge in [-0.05, 0) is 31.1 Å². The molecule has 3 heteroatoms. The van der Waals surface area contributed by atoms with Gasteiger partial charge in [-0.25, -0.2) is 0 Å². The zero-order valence-corrected chi connectivity index (χ0v) is 13.9. The van der Waals surface area contributed by atoms with Crippen LogP contribution in [-0.4, -0.2) is 17.3 Å². The van der Waals surface area contributed by atoms with Crippen molar-refractivity contribution in [1.82, 2.24) is 5.32 Å². The Morgan fingerprint density at radius 1 is 1.33 bits per heavy atom. The van der Waals surface area contributed by atoms with Gasteiger partial charge >= 0.3 is 0 Å². The summed E-state index contributed by atoms with van der Waals surface area (Å²) in [6, 6.07) is 0. The first-order valence-electron chi connectivity index (χ1n) is 7.21. The summed E-state index contributed by atoms with van der Waals surface area (Å²) in [5.41, 5.74) is 0.239. The molecule has 1 fully saturated rings. The average Bonchev–Trinajstić information content (AvgIpc) is 2.73. The Hall–Kier alpha value is -0.0500. The lowest BCUT2D eigenvalue weighted by Gasteiger charge is -2.28. The van der Waals surface area contributed by atoms with Crippen LogP contribution < -0.4 is 5.32 Å². The SMILES string of the molecule is CCC1(C(=O)NCC(Br)CC(C)(C)C)CCCC1. The summed E-state index contributed by atoms with van der Waals surface area (Å²) in [5.74, 6) is 0.279. The van der Waals surface area contributed by atoms with Crippen LogP contribution in [0.25, 0.3) is 0 Å². The Balaban J connectivity index is 2.41. The Morgan fingerprint density at radius 2 is 1.89 bits per heavy atom. The van der Waals surface area contributed by atoms with Crippen molar-refractivity contribution in [3.05, 3.63) is 0 Å². The first-order valence-corrected chi connectivity index (χ1v) is 8.13. The van der Waals surface area contributed by atoms with Gasteiger partial charge < -0.3 is 5.32 Å². The highest BCUT2D eigenvalue weighted by atomic mass is 79.9. The van der Waals surface area contributed by atoms with E-state index in [0.29, 0.717) is 10.2 Å². The molecule has 1 N–H and O–H groups in total. The first kappa shape index (κ1) is 16.0. The predicted octanol–water partition coefficient (Wildman–Crippen LogP) is 4.27. The fourth-order valence-corrected chi connectivity index (χ4v) is 4.05. The third-order valence-electron chi connectivity index (χ3n) is 4.04. The van der Waals surface area contributed by atoms with Crippen molar-refractivity contribution >= 4 is 21.8 Å². The first-order chi connectivity index (χ1) is 8.29. The minimum Gasteiger partial charge on any atom is -0.354 e. The van der Waals surface area contributed by atoms with Crippen LogP contribution in [-0.2, 0) is 4.79 Å². The number of carbonyl (C=O) groups is 1. The molecule has 1 aliphatic carbocycles. The maximum Gasteiger partial charge on any atom is 0.226 e. The maximum atomic E-state index is 12.3. The van der Waals surface area contributed by atoms with E-state index < -0.39 is 0 Å². The molecule has 0 aliphatic heterocycles. The lowest BCUT2D eigenvalue weighted by Crippen LogP contribution is -2.41. The van der Waals surface area contributed by atoms with Crippen molar-refractivity contribution in [3.63, 3.8) is 0 Å². The third kappa shape index (κ3) is 4.56. The van der Waals surface area contributed by atoms with Gasteiger partial charge in [-0.3, -0.25) is 4.79 Å². The molecule has 1 saturated carbocycles. The number of nitrogens with one attached hydrogen (secondary N) is 1. The van der Waals surface area contributed by atoms with E-state index in [0.717, 1.165) is 32.2 Å². The van der Waals surface area contributed by atoms with E-state index in [9.17, 15) is 4.79 Å². The van der Waals surface area contributed by atoms with Gasteiger partial charge in [-0.15, -0.1) is 0 Å². The van der Waals surface area contributed by atoms with Crippen molar-refractivity contribution in [1.29, 1.82) is 0 Å². The van der Waals surface area contributed by atoms with E-state index in [1.807, 2.05) is 0 Å². The molecule has 1 atom stereocenters. The van der Waals surface area contributed by atoms with E-state index >= 15 is 0 Å². The van der Waals surface area contributed by atoms with Gasteiger partial charge in [0.05, 0.1) is 0 Å². The second-order valence-corrected chi connectivity index (χ2v) is 8.21. The fourth-order valence-electron chi connectivity index (χ4n) is 2.92. The normalized spacial score (nSPS) is 20.7. The van der Waals surface area contributed by atoms with Gasteiger partial charge in [0.2, 0.25) is 5.91 Å². The summed E-state index contributed by atoms with van der Waals surface area (Å²) in [6.45, 7) is 9.58. The molecule has 0 heterocycles. The Bertz CT molecular complexity index is 277. The largest absolute Gasteiger partial charge is 0.354 e. The van der Waals surface area contributed by atoms with E-state index in [1.54, 1.807) is 0 Å². The Kier molecular flexibility index (Phi) is 5.69. The van der Waals surface area contributed by atoms with Crippen molar-refractivity contribution in [3.8, 4) is 0 Å². The van der Waals surface area contributed by atoms with E-state index in [1.165, 1.54) is 12.8 Å². The van der Waals surface area contributed by atoms with Crippen LogP contribution in [0.3, 0.4) is 0 Å². The highest BCUT2D eigenvalue weighted by Crippen LogP contribution is 2.41. The molecule has 1 rings (SSSR count). The molecule has 0 aromatic heterocycles. The zero-order chi connectivity index (χ0) is 13.8. The third-order valence-corrected chi connectivity index (χ3v) is 4.68. The number of alkyl halides is 1. The lowest BCUT2D eigenvalue weighted by molar-refractivity contribution is -0.131. The van der Waals surface area contributed by atoms with Crippen LogP contribution in [0, 0.1) is 10.8 Å². The Labute approximate surface area is 120 Å². The molecule has 0 aromatic rings. The summed E-state index contributed by atoms with van der Waals surface area (Å²) in [4.78, 5) is 12.7. The zero-order valence-electron chi connectivity index (χ0n) is 12.3. The lowest BCUT2D eigenvalue weighted by atomic mass is 9.82. The highest BCUT2D eigenvalue weighted by Gasteiger charge is 2.39. The highest BCUT2D eigenvalue weighted by molar-refractivity contribution is 9.09. The van der Waals surface area contributed by atoms with E-state index in [2.05, 4.69) is 48.9 Å². The number of amides is 1. The standard InChI is InChI=1S/C15H28BrNO/c1-5-15(8-6-7-9-15)13(18)17-11-12(16)10-14(2,3)4/h12H,5-11H2,1-4H3,(H,17,18). The van der Waals surface area contributed by atoms with Crippen LogP contribution >= 0.6 is 15.9 Å². The predicted molar refractivity (Wildman–Crippen MR) is 81.0 cm³/mol. The Morgan fingerprint density at radius 3 is 2.33 bits per heavy atom. The molecule has 1 amide bonds. The summed E-state index contributed by atoms with van der Waals surface area (Å²) < 4.78 is 0. The van der Waals surface area contributed by atoms with E-state index in [-0.39, 0.29) is 11.3 Å². The minimum atomic E-state index is -0.0611. The number of hydrogen-bond donors (Lipinski definition) is 1. The average molecular weight is 318 g/mol. The van der Waals surface area contributed by atoms with Crippen molar-refractivity contribution in [2.75, 3.05) is 6.54 Å². The van der Waals surface area contributed by atoms with Gasteiger partial charge in [-0.1, -0.05) is 56.5 Å². The van der Waals surface area contributed by atoms with Crippen molar-refractivity contribution < 1.29 is 4.79 Å². The number of hydrogen-bond acceptors (Lipinski definition) is 1. The molecule has 0 spiro atoms. The number of halogens is 1. The van der Waals surface area contributed by atoms with Crippen LogP contribution in [0.4, 0.5) is 0 Å². The summed E-state index contributed by atoms with van der Waals surface area (Å²) >= 11 is 3.68. The van der Waals surface area contributed by atoms with Crippen LogP contribution in [0.5, 0.6) is 0 Å². The molecule has 0 aromatic carbocycles. The monoisotopic (exact) mass is 317 g/mol. The molecule has 0 bridgehead atoms. The topological polar surface area (TPSA) is 29.1 Å². The summed E-state index contributed by atoms with van der Waals surface area (Å²) in [6.07, 6.45) is 6.61. The molecule has 1 aliphatic rings. The van der Waals surface area contributed by atoms with E-state index in [4.69, 9.17) is 0 Å². The van der Waals surface area contributed by atoms with Crippen LogP contribution in [0.15, 0.2) is 0 Å². The quantitative estimate of drug-likeness (QED) is 0.754. The van der Waals surface area contributed by atoms with Crippen molar-refractivity contribution in [2.24, 2.45) is 10.8 Å². The van der Waals surface area contributed by atoms with Gasteiger partial charge in [0.25, 0.3) is 0 Å². The maximum absolute atomic E-state index is 12.3. The van der Waals surface area contributed by atoms with Gasteiger partial charge in [0.1, 0.15) is 0 Å². The summed E-state index contributed by atoms with van der Waals surface area (Å²) in [5, 5.41) is 3.15. The summed E-state index contributed by atoms with van der Waals surface area (Å²) in [7, 11) is 0. The molecular formula is C15H28BrNO. The molecule has 18 heavy (non-hydrogen) atoms. The minimum absolute atomic E-state index is 0.0611. The molecule has 1 unspecified atom stereocenters.